The lowest BCUT2D eigenvalue weighted by Gasteiger charge is -2.08. The summed E-state index contributed by atoms with van der Waals surface area (Å²) in [5, 5.41) is 9.20. The summed E-state index contributed by atoms with van der Waals surface area (Å²) in [4.78, 5) is 0. The average molecular weight is 258 g/mol. The first-order valence-electron chi connectivity index (χ1n) is 5.54. The monoisotopic (exact) mass is 257 g/mol. The van der Waals surface area contributed by atoms with E-state index in [9.17, 15) is 0 Å². The van der Waals surface area contributed by atoms with Gasteiger partial charge in [0, 0.05) is 6.07 Å². The molecule has 2 aromatic rings. The Morgan fingerprint density at radius 3 is 2.22 bits per heavy atom. The molecule has 3 heteroatoms. The zero-order valence-electron chi connectivity index (χ0n) is 10.2. The fraction of sp³-hybridized carbons (Fsp3) is 0.133. The molecule has 0 radical (unpaired) electrons. The number of aryl methyl sites for hydroxylation is 2. The molecule has 0 saturated carbocycles. The highest BCUT2D eigenvalue weighted by atomic mass is 35.5. The fourth-order valence-corrected chi connectivity index (χ4v) is 1.99. The fourth-order valence-electron chi connectivity index (χ4n) is 1.78. The van der Waals surface area contributed by atoms with Gasteiger partial charge in [-0.3, -0.25) is 0 Å². The third-order valence-electron chi connectivity index (χ3n) is 2.49. The maximum Gasteiger partial charge on any atom is 0.129 e. The molecule has 0 aliphatic heterocycles. The molecule has 0 fully saturated rings. The molecular formula is C15H12ClNO. The predicted octanol–water partition coefficient (Wildman–Crippen LogP) is 4.62. The van der Waals surface area contributed by atoms with Gasteiger partial charge in [-0.05, 0) is 49.2 Å². The Hall–Kier alpha value is -1.98. The predicted molar refractivity (Wildman–Crippen MR) is 72.2 cm³/mol. The second-order valence-electron chi connectivity index (χ2n) is 4.18. The van der Waals surface area contributed by atoms with Gasteiger partial charge in [-0.15, -0.1) is 0 Å². The Morgan fingerprint density at radius 2 is 1.67 bits per heavy atom. The molecule has 0 atom stereocenters. The van der Waals surface area contributed by atoms with Crippen LogP contribution in [-0.4, -0.2) is 0 Å². The van der Waals surface area contributed by atoms with Gasteiger partial charge in [0.25, 0.3) is 0 Å². The molecule has 0 saturated heterocycles. The van der Waals surface area contributed by atoms with Crippen LogP contribution in [0.5, 0.6) is 11.5 Å². The summed E-state index contributed by atoms with van der Waals surface area (Å²) in [6.07, 6.45) is 0. The number of nitriles is 1. The van der Waals surface area contributed by atoms with Crippen molar-refractivity contribution >= 4 is 11.6 Å². The zero-order valence-corrected chi connectivity index (χ0v) is 11.0. The van der Waals surface area contributed by atoms with E-state index in [-0.39, 0.29) is 0 Å². The molecule has 0 bridgehead atoms. The molecule has 0 aromatic heterocycles. The van der Waals surface area contributed by atoms with Gasteiger partial charge in [-0.2, -0.15) is 5.26 Å². The highest BCUT2D eigenvalue weighted by molar-refractivity contribution is 6.31. The van der Waals surface area contributed by atoms with Gasteiger partial charge in [0.05, 0.1) is 10.6 Å². The van der Waals surface area contributed by atoms with Crippen LogP contribution in [0.2, 0.25) is 5.02 Å². The summed E-state index contributed by atoms with van der Waals surface area (Å²) in [6, 6.07) is 13.1. The number of halogens is 1. The van der Waals surface area contributed by atoms with Crippen molar-refractivity contribution in [2.75, 3.05) is 0 Å². The van der Waals surface area contributed by atoms with E-state index in [4.69, 9.17) is 21.6 Å². The molecule has 2 nitrogen and oxygen atoms in total. The van der Waals surface area contributed by atoms with Gasteiger partial charge in [-0.25, -0.2) is 0 Å². The minimum Gasteiger partial charge on any atom is -0.457 e. The van der Waals surface area contributed by atoms with Gasteiger partial charge in [0.1, 0.15) is 17.6 Å². The van der Waals surface area contributed by atoms with Gasteiger partial charge < -0.3 is 4.74 Å². The number of nitrogens with zero attached hydrogens (tertiary/aromatic N) is 1. The van der Waals surface area contributed by atoms with Crippen LogP contribution in [0.25, 0.3) is 0 Å². The minimum atomic E-state index is 0.402. The van der Waals surface area contributed by atoms with E-state index in [1.807, 2.05) is 32.0 Å². The van der Waals surface area contributed by atoms with Gasteiger partial charge in [-0.1, -0.05) is 17.7 Å². The first kappa shape index (κ1) is 12.5. The molecule has 2 rings (SSSR count). The van der Waals surface area contributed by atoms with Crippen molar-refractivity contribution < 1.29 is 4.74 Å². The third-order valence-corrected chi connectivity index (χ3v) is 2.80. The average Bonchev–Trinajstić information content (AvgIpc) is 2.27. The Labute approximate surface area is 111 Å². The van der Waals surface area contributed by atoms with Crippen molar-refractivity contribution in [3.8, 4) is 17.6 Å². The lowest BCUT2D eigenvalue weighted by atomic mass is 10.1. The normalized spacial score (nSPS) is 9.89. The molecule has 0 heterocycles. The molecule has 0 N–H and O–H groups in total. The van der Waals surface area contributed by atoms with Crippen LogP contribution in [0, 0.1) is 25.2 Å². The number of rotatable bonds is 2. The summed E-state index contributed by atoms with van der Waals surface area (Å²) in [7, 11) is 0. The van der Waals surface area contributed by atoms with Crippen molar-refractivity contribution in [3.63, 3.8) is 0 Å². The largest absolute Gasteiger partial charge is 0.457 e. The Balaban J connectivity index is 2.29. The number of benzene rings is 2. The van der Waals surface area contributed by atoms with Crippen LogP contribution in [0.1, 0.15) is 16.7 Å². The van der Waals surface area contributed by atoms with Crippen LogP contribution >= 0.6 is 11.6 Å². The third kappa shape index (κ3) is 2.82. The van der Waals surface area contributed by atoms with E-state index in [1.165, 1.54) is 0 Å². The maximum absolute atomic E-state index is 8.80. The highest BCUT2D eigenvalue weighted by Gasteiger charge is 2.03. The first-order valence-corrected chi connectivity index (χ1v) is 5.92. The van der Waals surface area contributed by atoms with Gasteiger partial charge in [0.15, 0.2) is 0 Å². The second-order valence-corrected chi connectivity index (χ2v) is 4.59. The zero-order chi connectivity index (χ0) is 13.1. The molecule has 0 spiro atoms. The van der Waals surface area contributed by atoms with Crippen molar-refractivity contribution in [1.82, 2.24) is 0 Å². The van der Waals surface area contributed by atoms with E-state index >= 15 is 0 Å². The van der Waals surface area contributed by atoms with E-state index < -0.39 is 0 Å². The van der Waals surface area contributed by atoms with E-state index in [1.54, 1.807) is 18.2 Å². The van der Waals surface area contributed by atoms with Crippen molar-refractivity contribution in [2.24, 2.45) is 0 Å². The van der Waals surface area contributed by atoms with Crippen LogP contribution in [0.15, 0.2) is 36.4 Å². The molecule has 90 valence electrons. The SMILES string of the molecule is Cc1cc(C)cc(Oc2ccc(C#N)c(Cl)c2)c1. The second kappa shape index (κ2) is 5.12. The molecule has 18 heavy (non-hydrogen) atoms. The standard InChI is InChI=1S/C15H12ClNO/c1-10-5-11(2)7-14(6-10)18-13-4-3-12(9-17)15(16)8-13/h3-8H,1-2H3. The molecule has 0 aliphatic carbocycles. The minimum absolute atomic E-state index is 0.402. The lowest BCUT2D eigenvalue weighted by Crippen LogP contribution is -1.87. The number of ether oxygens (including phenoxy) is 1. The summed E-state index contributed by atoms with van der Waals surface area (Å²) < 4.78 is 5.73. The van der Waals surface area contributed by atoms with Crippen LogP contribution in [0.4, 0.5) is 0 Å². The summed E-state index contributed by atoms with van der Waals surface area (Å²) in [6.45, 7) is 4.04. The van der Waals surface area contributed by atoms with Crippen molar-refractivity contribution in [2.45, 2.75) is 13.8 Å². The Morgan fingerprint density at radius 1 is 1.00 bits per heavy atom. The quantitative estimate of drug-likeness (QED) is 0.786. The molecule has 0 unspecified atom stereocenters. The first-order chi connectivity index (χ1) is 8.58. The van der Waals surface area contributed by atoms with E-state index in [2.05, 4.69) is 6.07 Å². The van der Waals surface area contributed by atoms with Gasteiger partial charge >= 0.3 is 0 Å². The maximum atomic E-state index is 8.80. The van der Waals surface area contributed by atoms with Gasteiger partial charge in [0.2, 0.25) is 0 Å². The van der Waals surface area contributed by atoms with Crippen molar-refractivity contribution in [3.05, 3.63) is 58.1 Å². The molecule has 0 amide bonds. The number of hydrogen-bond donors (Lipinski definition) is 0. The Bertz CT molecular complexity index is 609. The van der Waals surface area contributed by atoms with Crippen LogP contribution in [0.3, 0.4) is 0 Å². The highest BCUT2D eigenvalue weighted by Crippen LogP contribution is 2.27. The molecule has 2 aromatic carbocycles. The summed E-state index contributed by atoms with van der Waals surface area (Å²) in [5.41, 5.74) is 2.74. The Kier molecular flexibility index (Phi) is 3.55. The smallest absolute Gasteiger partial charge is 0.129 e. The molecular weight excluding hydrogens is 246 g/mol. The topological polar surface area (TPSA) is 33.0 Å². The molecule has 0 aliphatic rings. The number of hydrogen-bond acceptors (Lipinski definition) is 2. The van der Waals surface area contributed by atoms with Crippen molar-refractivity contribution in [1.29, 1.82) is 5.26 Å². The van der Waals surface area contributed by atoms with E-state index in [0.717, 1.165) is 16.9 Å². The summed E-state index contributed by atoms with van der Waals surface area (Å²) >= 11 is 5.96. The van der Waals surface area contributed by atoms with E-state index in [0.29, 0.717) is 16.3 Å². The van der Waals surface area contributed by atoms with Crippen LogP contribution < -0.4 is 4.74 Å². The summed E-state index contributed by atoms with van der Waals surface area (Å²) in [5.74, 6) is 1.40. The lowest BCUT2D eigenvalue weighted by molar-refractivity contribution is 0.482. The van der Waals surface area contributed by atoms with Crippen LogP contribution in [-0.2, 0) is 0 Å².